The van der Waals surface area contributed by atoms with Crippen LogP contribution in [0.2, 0.25) is 5.02 Å². The van der Waals surface area contributed by atoms with Crippen molar-refractivity contribution in [3.05, 3.63) is 34.9 Å². The molecule has 1 heterocycles. The Bertz CT molecular complexity index is 560. The minimum Gasteiger partial charge on any atom is -0.296 e. The third-order valence-corrected chi connectivity index (χ3v) is 5.03. The van der Waals surface area contributed by atoms with Gasteiger partial charge in [-0.2, -0.15) is 0 Å². The van der Waals surface area contributed by atoms with Crippen LogP contribution in [-0.2, 0) is 10.0 Å². The fourth-order valence-corrected chi connectivity index (χ4v) is 3.50. The summed E-state index contributed by atoms with van der Waals surface area (Å²) in [6.07, 6.45) is 3.39. The minimum absolute atomic E-state index is 0.323. The molecule has 0 spiro atoms. The molecule has 1 aromatic carbocycles. The number of rotatable bonds is 5. The average molecular weight is 331 g/mol. The molecule has 4 nitrogen and oxygen atoms in total. The molecule has 0 unspecified atom stereocenters. The van der Waals surface area contributed by atoms with Crippen LogP contribution in [-0.4, -0.2) is 39.2 Å². The van der Waals surface area contributed by atoms with Gasteiger partial charge < -0.3 is 0 Å². The van der Waals surface area contributed by atoms with E-state index in [0.717, 1.165) is 31.0 Å². The van der Waals surface area contributed by atoms with Gasteiger partial charge in [0.15, 0.2) is 0 Å². The molecule has 0 bridgehead atoms. The lowest BCUT2D eigenvalue weighted by Gasteiger charge is -2.37. The Kier molecular flexibility index (Phi) is 5.66. The number of hydrogen-bond acceptors (Lipinski definition) is 3. The fourth-order valence-electron chi connectivity index (χ4n) is 2.84. The largest absolute Gasteiger partial charge is 0.296 e. The SMILES string of the molecule is C[C@@H](c1ccc(Cl)cc1)N1CCC[C@H](CNS(C)(=O)=O)C1. The van der Waals surface area contributed by atoms with E-state index in [0.29, 0.717) is 18.5 Å². The van der Waals surface area contributed by atoms with Gasteiger partial charge in [0.1, 0.15) is 0 Å². The fraction of sp³-hybridized carbons (Fsp3) is 0.600. The smallest absolute Gasteiger partial charge is 0.208 e. The molecule has 0 saturated carbocycles. The van der Waals surface area contributed by atoms with Crippen LogP contribution in [0.25, 0.3) is 0 Å². The molecule has 1 saturated heterocycles. The molecule has 0 amide bonds. The Balaban J connectivity index is 1.95. The molecule has 1 aliphatic heterocycles. The number of benzene rings is 1. The number of hydrogen-bond donors (Lipinski definition) is 1. The first-order chi connectivity index (χ1) is 9.85. The van der Waals surface area contributed by atoms with Crippen LogP contribution >= 0.6 is 11.6 Å². The first kappa shape index (κ1) is 16.7. The van der Waals surface area contributed by atoms with Gasteiger partial charge in [0.25, 0.3) is 0 Å². The number of nitrogens with one attached hydrogen (secondary N) is 1. The molecule has 1 N–H and O–H groups in total. The molecule has 0 aromatic heterocycles. The monoisotopic (exact) mass is 330 g/mol. The van der Waals surface area contributed by atoms with E-state index in [9.17, 15) is 8.42 Å². The highest BCUT2D eigenvalue weighted by Crippen LogP contribution is 2.27. The number of halogens is 1. The lowest BCUT2D eigenvalue weighted by molar-refractivity contribution is 0.133. The van der Waals surface area contributed by atoms with Crippen molar-refractivity contribution in [3.8, 4) is 0 Å². The number of piperidine rings is 1. The van der Waals surface area contributed by atoms with Crippen LogP contribution in [0.15, 0.2) is 24.3 Å². The predicted octanol–water partition coefficient (Wildman–Crippen LogP) is 2.66. The Morgan fingerprint density at radius 3 is 2.67 bits per heavy atom. The van der Waals surface area contributed by atoms with Crippen molar-refractivity contribution in [2.24, 2.45) is 5.92 Å². The maximum atomic E-state index is 11.2. The first-order valence-electron chi connectivity index (χ1n) is 7.29. The molecule has 0 radical (unpaired) electrons. The summed E-state index contributed by atoms with van der Waals surface area (Å²) >= 11 is 5.93. The third kappa shape index (κ3) is 5.25. The van der Waals surface area contributed by atoms with E-state index in [1.165, 1.54) is 11.8 Å². The summed E-state index contributed by atoms with van der Waals surface area (Å²) in [7, 11) is -3.10. The van der Waals surface area contributed by atoms with E-state index >= 15 is 0 Å². The van der Waals surface area contributed by atoms with Gasteiger partial charge in [-0.3, -0.25) is 4.90 Å². The van der Waals surface area contributed by atoms with Crippen LogP contribution in [0, 0.1) is 5.92 Å². The minimum atomic E-state index is -3.10. The predicted molar refractivity (Wildman–Crippen MR) is 87.0 cm³/mol. The second-order valence-corrected chi connectivity index (χ2v) is 8.12. The summed E-state index contributed by atoms with van der Waals surface area (Å²) in [6, 6.07) is 8.28. The molecule has 2 atom stereocenters. The van der Waals surface area contributed by atoms with Crippen molar-refractivity contribution in [2.45, 2.75) is 25.8 Å². The zero-order valence-corrected chi connectivity index (χ0v) is 14.1. The van der Waals surface area contributed by atoms with Gasteiger partial charge in [0.05, 0.1) is 6.26 Å². The summed E-state index contributed by atoms with van der Waals surface area (Å²) in [4.78, 5) is 2.42. The van der Waals surface area contributed by atoms with Crippen molar-refractivity contribution in [1.82, 2.24) is 9.62 Å². The molecular weight excluding hydrogens is 308 g/mol. The third-order valence-electron chi connectivity index (χ3n) is 4.08. The second kappa shape index (κ2) is 7.09. The molecule has 1 aromatic rings. The Hall–Kier alpha value is -0.620. The van der Waals surface area contributed by atoms with E-state index in [4.69, 9.17) is 11.6 Å². The maximum absolute atomic E-state index is 11.2. The Morgan fingerprint density at radius 1 is 1.38 bits per heavy atom. The van der Waals surface area contributed by atoms with Gasteiger partial charge in [0, 0.05) is 24.2 Å². The van der Waals surface area contributed by atoms with E-state index in [2.05, 4.69) is 28.7 Å². The van der Waals surface area contributed by atoms with E-state index in [1.54, 1.807) is 0 Å². The number of likely N-dealkylation sites (tertiary alicyclic amines) is 1. The van der Waals surface area contributed by atoms with Gasteiger partial charge >= 0.3 is 0 Å². The number of sulfonamides is 1. The van der Waals surface area contributed by atoms with Gasteiger partial charge in [-0.25, -0.2) is 13.1 Å². The Labute approximate surface area is 132 Å². The van der Waals surface area contributed by atoms with Crippen molar-refractivity contribution in [3.63, 3.8) is 0 Å². The zero-order valence-electron chi connectivity index (χ0n) is 12.5. The van der Waals surface area contributed by atoms with E-state index in [1.807, 2.05) is 12.1 Å². The van der Waals surface area contributed by atoms with E-state index in [-0.39, 0.29) is 0 Å². The van der Waals surface area contributed by atoms with Crippen LogP contribution in [0.4, 0.5) is 0 Å². The summed E-state index contributed by atoms with van der Waals surface area (Å²) in [5.74, 6) is 0.378. The summed E-state index contributed by atoms with van der Waals surface area (Å²) in [6.45, 7) is 4.70. The summed E-state index contributed by atoms with van der Waals surface area (Å²) < 4.78 is 25.0. The van der Waals surface area contributed by atoms with Gasteiger partial charge in [-0.1, -0.05) is 23.7 Å². The highest BCUT2D eigenvalue weighted by atomic mass is 35.5. The summed E-state index contributed by atoms with van der Waals surface area (Å²) in [5.41, 5.74) is 1.25. The lowest BCUT2D eigenvalue weighted by Crippen LogP contribution is -2.41. The second-order valence-electron chi connectivity index (χ2n) is 5.85. The van der Waals surface area contributed by atoms with Gasteiger partial charge in [0.2, 0.25) is 10.0 Å². The highest BCUT2D eigenvalue weighted by Gasteiger charge is 2.24. The average Bonchev–Trinajstić information content (AvgIpc) is 2.45. The lowest BCUT2D eigenvalue weighted by atomic mass is 9.95. The quantitative estimate of drug-likeness (QED) is 0.903. The molecular formula is C15H23ClN2O2S. The molecule has 21 heavy (non-hydrogen) atoms. The highest BCUT2D eigenvalue weighted by molar-refractivity contribution is 7.88. The standard InChI is InChI=1S/C15H23ClN2O2S/c1-12(14-5-7-15(16)8-6-14)18-9-3-4-13(11-18)10-17-21(2,19)20/h5-8,12-13,17H,3-4,9-11H2,1-2H3/t12-,13+/m0/s1. The van der Waals surface area contributed by atoms with Crippen molar-refractivity contribution in [1.29, 1.82) is 0 Å². The molecule has 2 rings (SSSR count). The van der Waals surface area contributed by atoms with Crippen LogP contribution < -0.4 is 4.72 Å². The summed E-state index contributed by atoms with van der Waals surface area (Å²) in [5, 5.41) is 0.750. The number of nitrogens with zero attached hydrogens (tertiary/aromatic N) is 1. The van der Waals surface area contributed by atoms with Crippen molar-refractivity contribution >= 4 is 21.6 Å². The molecule has 0 aliphatic carbocycles. The van der Waals surface area contributed by atoms with Crippen LogP contribution in [0.5, 0.6) is 0 Å². The van der Waals surface area contributed by atoms with Crippen LogP contribution in [0.1, 0.15) is 31.4 Å². The Morgan fingerprint density at radius 2 is 2.05 bits per heavy atom. The van der Waals surface area contributed by atoms with Crippen molar-refractivity contribution in [2.75, 3.05) is 25.9 Å². The van der Waals surface area contributed by atoms with E-state index < -0.39 is 10.0 Å². The topological polar surface area (TPSA) is 49.4 Å². The van der Waals surface area contributed by atoms with Gasteiger partial charge in [-0.05, 0) is 49.9 Å². The molecule has 1 aliphatic rings. The maximum Gasteiger partial charge on any atom is 0.208 e. The van der Waals surface area contributed by atoms with Crippen molar-refractivity contribution < 1.29 is 8.42 Å². The van der Waals surface area contributed by atoms with Crippen LogP contribution in [0.3, 0.4) is 0 Å². The zero-order chi connectivity index (χ0) is 15.5. The molecule has 6 heteroatoms. The molecule has 1 fully saturated rings. The normalized spacial score (nSPS) is 22.1. The first-order valence-corrected chi connectivity index (χ1v) is 9.56. The molecule has 118 valence electrons. The van der Waals surface area contributed by atoms with Gasteiger partial charge in [-0.15, -0.1) is 0 Å².